The molecule has 0 spiro atoms. The van der Waals surface area contributed by atoms with Gasteiger partial charge in [-0.3, -0.25) is 4.98 Å². The Labute approximate surface area is 140 Å². The molecular formula is C18H19N5O. The first-order valence-corrected chi connectivity index (χ1v) is 7.73. The molecule has 0 aliphatic heterocycles. The lowest BCUT2D eigenvalue weighted by molar-refractivity contribution is 0.322. The first kappa shape index (κ1) is 15.7. The Morgan fingerprint density at radius 1 is 1.04 bits per heavy atom. The van der Waals surface area contributed by atoms with E-state index in [0.29, 0.717) is 31.3 Å². The summed E-state index contributed by atoms with van der Waals surface area (Å²) in [6.07, 6.45) is 5.93. The molecule has 0 saturated heterocycles. The summed E-state index contributed by atoms with van der Waals surface area (Å²) in [5, 5.41) is 3.14. The Bertz CT molecular complexity index is 765. The number of pyridine rings is 1. The summed E-state index contributed by atoms with van der Waals surface area (Å²) in [4.78, 5) is 12.7. The lowest BCUT2D eigenvalue weighted by Crippen LogP contribution is -2.09. The van der Waals surface area contributed by atoms with E-state index in [1.165, 1.54) is 0 Å². The molecule has 0 amide bonds. The van der Waals surface area contributed by atoms with Crippen LogP contribution in [0.3, 0.4) is 0 Å². The molecule has 6 heteroatoms. The van der Waals surface area contributed by atoms with Crippen LogP contribution in [-0.2, 0) is 13.0 Å². The van der Waals surface area contributed by atoms with Crippen molar-refractivity contribution in [2.45, 2.75) is 13.0 Å². The lowest BCUT2D eigenvalue weighted by atomic mass is 10.2. The highest BCUT2D eigenvalue weighted by Crippen LogP contribution is 2.13. The first-order chi connectivity index (χ1) is 11.8. The Balaban J connectivity index is 1.52. The van der Waals surface area contributed by atoms with Gasteiger partial charge < -0.3 is 15.8 Å². The average Bonchev–Trinajstić information content (AvgIpc) is 2.63. The number of nitrogens with zero attached hydrogens (tertiary/aromatic N) is 3. The third-order valence-electron chi connectivity index (χ3n) is 3.45. The number of para-hydroxylation sites is 1. The Morgan fingerprint density at radius 2 is 1.92 bits per heavy atom. The van der Waals surface area contributed by atoms with Gasteiger partial charge in [0.15, 0.2) is 0 Å². The molecule has 24 heavy (non-hydrogen) atoms. The quantitative estimate of drug-likeness (QED) is 0.696. The number of nitrogens with one attached hydrogen (secondary N) is 1. The van der Waals surface area contributed by atoms with E-state index in [9.17, 15) is 0 Å². The van der Waals surface area contributed by atoms with Gasteiger partial charge in [-0.1, -0.05) is 24.3 Å². The maximum Gasteiger partial charge on any atom is 0.224 e. The van der Waals surface area contributed by atoms with Gasteiger partial charge in [0, 0.05) is 37.1 Å². The summed E-state index contributed by atoms with van der Waals surface area (Å²) >= 11 is 0. The number of ether oxygens (including phenoxy) is 1. The summed E-state index contributed by atoms with van der Waals surface area (Å²) in [5.74, 6) is 1.81. The number of rotatable bonds is 7. The van der Waals surface area contributed by atoms with Gasteiger partial charge in [-0.15, -0.1) is 0 Å². The van der Waals surface area contributed by atoms with Crippen molar-refractivity contribution < 1.29 is 4.74 Å². The zero-order chi connectivity index (χ0) is 16.6. The smallest absolute Gasteiger partial charge is 0.224 e. The van der Waals surface area contributed by atoms with Crippen LogP contribution in [0.1, 0.15) is 11.1 Å². The van der Waals surface area contributed by atoms with Crippen LogP contribution in [0, 0.1) is 0 Å². The predicted molar refractivity (Wildman–Crippen MR) is 93.6 cm³/mol. The molecule has 0 unspecified atom stereocenters. The summed E-state index contributed by atoms with van der Waals surface area (Å²) in [5.41, 5.74) is 7.94. The normalized spacial score (nSPS) is 10.3. The van der Waals surface area contributed by atoms with Crippen LogP contribution in [0.2, 0.25) is 0 Å². The van der Waals surface area contributed by atoms with Gasteiger partial charge in [-0.05, 0) is 23.8 Å². The van der Waals surface area contributed by atoms with Crippen LogP contribution >= 0.6 is 0 Å². The average molecular weight is 321 g/mol. The molecule has 0 radical (unpaired) electrons. The predicted octanol–water partition coefficient (Wildman–Crippen LogP) is 2.69. The fraction of sp³-hybridized carbons (Fsp3) is 0.167. The molecule has 1 aromatic carbocycles. The number of nitrogens with two attached hydrogens (primary N) is 1. The Kier molecular flexibility index (Phi) is 5.19. The molecule has 0 bridgehead atoms. The molecule has 3 aromatic rings. The van der Waals surface area contributed by atoms with Gasteiger partial charge in [-0.2, -0.15) is 4.98 Å². The first-order valence-electron chi connectivity index (χ1n) is 7.73. The zero-order valence-corrected chi connectivity index (χ0v) is 13.2. The molecular weight excluding hydrogens is 302 g/mol. The van der Waals surface area contributed by atoms with Crippen LogP contribution < -0.4 is 15.8 Å². The summed E-state index contributed by atoms with van der Waals surface area (Å²) in [6, 6.07) is 13.6. The van der Waals surface area contributed by atoms with E-state index in [4.69, 9.17) is 10.5 Å². The van der Waals surface area contributed by atoms with Crippen molar-refractivity contribution >= 4 is 11.8 Å². The maximum atomic E-state index is 6.01. The van der Waals surface area contributed by atoms with Crippen LogP contribution in [0.5, 0.6) is 5.75 Å². The van der Waals surface area contributed by atoms with Crippen molar-refractivity contribution in [3.8, 4) is 5.75 Å². The Morgan fingerprint density at radius 3 is 2.67 bits per heavy atom. The van der Waals surface area contributed by atoms with Gasteiger partial charge in [0.05, 0.1) is 6.61 Å². The minimum atomic E-state index is 0.468. The van der Waals surface area contributed by atoms with Crippen molar-refractivity contribution in [1.82, 2.24) is 15.0 Å². The fourth-order valence-electron chi connectivity index (χ4n) is 2.18. The molecule has 3 rings (SSSR count). The molecule has 3 N–H and O–H groups in total. The van der Waals surface area contributed by atoms with Crippen molar-refractivity contribution in [3.63, 3.8) is 0 Å². The molecule has 0 aliphatic rings. The van der Waals surface area contributed by atoms with Crippen molar-refractivity contribution in [3.05, 3.63) is 72.2 Å². The fourth-order valence-corrected chi connectivity index (χ4v) is 2.18. The molecule has 0 aliphatic carbocycles. The molecule has 6 nitrogen and oxygen atoms in total. The van der Waals surface area contributed by atoms with Gasteiger partial charge in [-0.25, -0.2) is 4.98 Å². The van der Waals surface area contributed by atoms with Crippen molar-refractivity contribution in [2.24, 2.45) is 0 Å². The molecule has 0 saturated carbocycles. The van der Waals surface area contributed by atoms with E-state index in [1.807, 2.05) is 42.5 Å². The second kappa shape index (κ2) is 7.92. The van der Waals surface area contributed by atoms with Gasteiger partial charge in [0.2, 0.25) is 5.95 Å². The molecule has 2 aromatic heterocycles. The van der Waals surface area contributed by atoms with Gasteiger partial charge in [0.1, 0.15) is 11.6 Å². The zero-order valence-electron chi connectivity index (χ0n) is 13.2. The summed E-state index contributed by atoms with van der Waals surface area (Å²) in [7, 11) is 0. The largest absolute Gasteiger partial charge is 0.493 e. The highest BCUT2D eigenvalue weighted by atomic mass is 16.5. The number of hydrogen-bond acceptors (Lipinski definition) is 6. The molecule has 2 heterocycles. The van der Waals surface area contributed by atoms with Crippen LogP contribution in [-0.4, -0.2) is 21.6 Å². The molecule has 122 valence electrons. The maximum absolute atomic E-state index is 6.01. The van der Waals surface area contributed by atoms with Gasteiger partial charge in [0.25, 0.3) is 0 Å². The van der Waals surface area contributed by atoms with Crippen molar-refractivity contribution in [2.75, 3.05) is 17.7 Å². The van der Waals surface area contributed by atoms with Crippen molar-refractivity contribution in [1.29, 1.82) is 0 Å². The van der Waals surface area contributed by atoms with Crippen LogP contribution in [0.4, 0.5) is 11.8 Å². The third kappa shape index (κ3) is 4.42. The standard InChI is InChI=1S/C18H19N5O/c19-17-15(8-10-24-16-6-2-1-3-7-16)13-22-18(23-17)21-12-14-5-4-9-20-11-14/h1-7,9,11,13H,8,10,12H2,(H3,19,21,22,23). The minimum Gasteiger partial charge on any atom is -0.493 e. The van der Waals surface area contributed by atoms with Crippen LogP contribution in [0.25, 0.3) is 0 Å². The highest BCUT2D eigenvalue weighted by molar-refractivity contribution is 5.43. The van der Waals surface area contributed by atoms with E-state index in [-0.39, 0.29) is 0 Å². The third-order valence-corrected chi connectivity index (χ3v) is 3.45. The van der Waals surface area contributed by atoms with E-state index < -0.39 is 0 Å². The molecule has 0 fully saturated rings. The number of aromatic nitrogens is 3. The second-order valence-corrected chi connectivity index (χ2v) is 5.23. The minimum absolute atomic E-state index is 0.468. The van der Waals surface area contributed by atoms with E-state index in [0.717, 1.165) is 16.9 Å². The summed E-state index contributed by atoms with van der Waals surface area (Å²) < 4.78 is 5.67. The Hall–Kier alpha value is -3.15. The van der Waals surface area contributed by atoms with E-state index >= 15 is 0 Å². The molecule has 0 atom stereocenters. The van der Waals surface area contributed by atoms with E-state index in [2.05, 4.69) is 20.3 Å². The number of nitrogen functional groups attached to an aromatic ring is 1. The summed E-state index contributed by atoms with van der Waals surface area (Å²) in [6.45, 7) is 1.13. The van der Waals surface area contributed by atoms with Crippen LogP contribution in [0.15, 0.2) is 61.1 Å². The highest BCUT2D eigenvalue weighted by Gasteiger charge is 2.05. The SMILES string of the molecule is Nc1nc(NCc2cccnc2)ncc1CCOc1ccccc1. The number of hydrogen-bond donors (Lipinski definition) is 2. The second-order valence-electron chi connectivity index (χ2n) is 5.23. The monoisotopic (exact) mass is 321 g/mol. The topological polar surface area (TPSA) is 86.0 Å². The lowest BCUT2D eigenvalue weighted by Gasteiger charge is -2.09. The number of anilines is 2. The van der Waals surface area contributed by atoms with E-state index in [1.54, 1.807) is 18.6 Å². The van der Waals surface area contributed by atoms with Gasteiger partial charge >= 0.3 is 0 Å². The number of benzene rings is 1.